The number of rotatable bonds is 6. The van der Waals surface area contributed by atoms with Crippen LogP contribution in [0, 0.1) is 0 Å². The maximum Gasteiger partial charge on any atom is 0.407 e. The number of carbonyl (C=O) groups excluding carboxylic acids is 1. The van der Waals surface area contributed by atoms with Gasteiger partial charge in [0, 0.05) is 45.5 Å². The lowest BCUT2D eigenvalue weighted by Gasteiger charge is -2.31. The highest BCUT2D eigenvalue weighted by Crippen LogP contribution is 2.25. The van der Waals surface area contributed by atoms with Crippen LogP contribution in [0.1, 0.15) is 12.8 Å². The second kappa shape index (κ2) is 9.74. The number of likely N-dealkylation sites (tertiary alicyclic amines) is 1. The van der Waals surface area contributed by atoms with Crippen molar-refractivity contribution in [1.29, 1.82) is 0 Å². The summed E-state index contributed by atoms with van der Waals surface area (Å²) in [7, 11) is 1.84. The lowest BCUT2D eigenvalue weighted by atomic mass is 10.1. The van der Waals surface area contributed by atoms with Gasteiger partial charge in [-0.05, 0) is 12.8 Å². The van der Waals surface area contributed by atoms with Crippen molar-refractivity contribution in [1.82, 2.24) is 39.5 Å². The van der Waals surface area contributed by atoms with Gasteiger partial charge in [0.15, 0.2) is 17.0 Å². The minimum Gasteiger partial charge on any atom is -0.465 e. The summed E-state index contributed by atoms with van der Waals surface area (Å²) in [5.74, 6) is 0.734. The Morgan fingerprint density at radius 2 is 2.06 bits per heavy atom. The number of fused-ring (bicyclic) bond motifs is 1. The quantitative estimate of drug-likeness (QED) is 0.437. The Morgan fingerprint density at radius 1 is 1.23 bits per heavy atom. The Balaban J connectivity index is 1.37. The fourth-order valence-corrected chi connectivity index (χ4v) is 4.35. The van der Waals surface area contributed by atoms with Crippen LogP contribution in [0.25, 0.3) is 16.9 Å². The lowest BCUT2D eigenvalue weighted by Crippen LogP contribution is -2.50. The van der Waals surface area contributed by atoms with Crippen LogP contribution in [0.2, 0.25) is 0 Å². The number of nitrogens with zero attached hydrogens (tertiary/aromatic N) is 8. The molecule has 0 aliphatic carbocycles. The van der Waals surface area contributed by atoms with Gasteiger partial charge in [-0.25, -0.2) is 9.78 Å². The molecule has 3 aromatic heterocycles. The molecular formula is C21H28N10O4. The molecule has 5 heterocycles. The molecule has 14 nitrogen and oxygen atoms in total. The number of hydrogen-bond donors (Lipinski definition) is 3. The van der Waals surface area contributed by atoms with Crippen LogP contribution in [-0.2, 0) is 16.6 Å². The third kappa shape index (κ3) is 4.96. The molecule has 5 rings (SSSR count). The molecule has 2 fully saturated rings. The van der Waals surface area contributed by atoms with Crippen molar-refractivity contribution in [2.75, 3.05) is 56.2 Å². The fourth-order valence-electron chi connectivity index (χ4n) is 4.35. The van der Waals surface area contributed by atoms with E-state index in [1.807, 2.05) is 22.7 Å². The minimum atomic E-state index is -0.967. The second-order valence-electron chi connectivity index (χ2n) is 8.62. The Labute approximate surface area is 200 Å². The first-order valence-electron chi connectivity index (χ1n) is 11.6. The highest BCUT2D eigenvalue weighted by Gasteiger charge is 2.25. The fraction of sp³-hybridized carbons (Fsp3) is 0.524. The molecule has 3 N–H and O–H groups in total. The largest absolute Gasteiger partial charge is 0.465 e. The van der Waals surface area contributed by atoms with Crippen LogP contribution >= 0.6 is 0 Å². The van der Waals surface area contributed by atoms with Gasteiger partial charge in [0.2, 0.25) is 11.9 Å². The number of anilines is 2. The summed E-state index contributed by atoms with van der Waals surface area (Å²) in [6.07, 6.45) is 5.74. The molecule has 2 aliphatic rings. The lowest BCUT2D eigenvalue weighted by molar-refractivity contribution is -0.120. The summed E-state index contributed by atoms with van der Waals surface area (Å²) >= 11 is 0. The summed E-state index contributed by atoms with van der Waals surface area (Å²) in [6, 6.07) is -0.215. The smallest absolute Gasteiger partial charge is 0.407 e. The topological polar surface area (TPSA) is 156 Å². The van der Waals surface area contributed by atoms with Crippen LogP contribution in [-0.4, -0.2) is 103 Å². The molecule has 0 bridgehead atoms. The summed E-state index contributed by atoms with van der Waals surface area (Å²) in [4.78, 5) is 41.2. The van der Waals surface area contributed by atoms with Crippen molar-refractivity contribution in [3.05, 3.63) is 18.7 Å². The SMILES string of the molecule is Cn1cc(-n2cnc3c(NCC(=O)NC4CCCN(C(=O)O)C4)nc(N4CCOCC4)nc32)cn1. The zero-order valence-electron chi connectivity index (χ0n) is 19.4. The van der Waals surface area contributed by atoms with E-state index in [2.05, 4.69) is 25.7 Å². The van der Waals surface area contributed by atoms with Crippen molar-refractivity contribution >= 4 is 34.9 Å². The zero-order valence-corrected chi connectivity index (χ0v) is 19.4. The first-order chi connectivity index (χ1) is 17.0. The number of aromatic nitrogens is 6. The first-order valence-corrected chi connectivity index (χ1v) is 11.6. The molecule has 186 valence electrons. The third-order valence-electron chi connectivity index (χ3n) is 6.12. The predicted molar refractivity (Wildman–Crippen MR) is 126 cm³/mol. The normalized spacial score (nSPS) is 18.6. The highest BCUT2D eigenvalue weighted by molar-refractivity contribution is 5.88. The number of piperidine rings is 1. The van der Waals surface area contributed by atoms with Crippen LogP contribution in [0.15, 0.2) is 18.7 Å². The van der Waals surface area contributed by atoms with Gasteiger partial charge in [-0.2, -0.15) is 15.1 Å². The van der Waals surface area contributed by atoms with Crippen LogP contribution < -0.4 is 15.5 Å². The number of morpholine rings is 1. The molecule has 1 unspecified atom stereocenters. The number of carbonyl (C=O) groups is 2. The van der Waals surface area contributed by atoms with Crippen LogP contribution in [0.3, 0.4) is 0 Å². The van der Waals surface area contributed by atoms with E-state index in [0.29, 0.717) is 62.2 Å². The van der Waals surface area contributed by atoms with Crippen molar-refractivity contribution in [2.45, 2.75) is 18.9 Å². The van der Waals surface area contributed by atoms with E-state index < -0.39 is 6.09 Å². The minimum absolute atomic E-state index is 0.0298. The predicted octanol–water partition coefficient (Wildman–Crippen LogP) is 0.0561. The number of amides is 2. The number of aryl methyl sites for hydroxylation is 1. The van der Waals surface area contributed by atoms with Gasteiger partial charge in [-0.3, -0.25) is 14.0 Å². The summed E-state index contributed by atoms with van der Waals surface area (Å²) in [5.41, 5.74) is 1.95. The number of hydrogen-bond acceptors (Lipinski definition) is 9. The Morgan fingerprint density at radius 3 is 2.80 bits per heavy atom. The molecule has 2 amide bonds. The van der Waals surface area contributed by atoms with Gasteiger partial charge in [0.25, 0.3) is 0 Å². The number of carboxylic acid groups (broad SMARTS) is 1. The highest BCUT2D eigenvalue weighted by atomic mass is 16.5. The average molecular weight is 485 g/mol. The standard InChI is InChI=1S/C21H28N10O4/c1-28-12-15(9-24-28)31-13-23-17-18(26-20(27-19(17)31)29-5-7-35-8-6-29)22-10-16(32)25-14-3-2-4-30(11-14)21(33)34/h9,12-14H,2-8,10-11H2,1H3,(H,25,32)(H,33,34)(H,22,26,27). The van der Waals surface area contributed by atoms with E-state index in [-0.39, 0.29) is 25.0 Å². The van der Waals surface area contributed by atoms with E-state index in [0.717, 1.165) is 12.1 Å². The van der Waals surface area contributed by atoms with E-state index in [1.54, 1.807) is 17.2 Å². The van der Waals surface area contributed by atoms with Crippen LogP contribution in [0.5, 0.6) is 0 Å². The van der Waals surface area contributed by atoms with Gasteiger partial charge < -0.3 is 30.3 Å². The van der Waals surface area contributed by atoms with Crippen molar-refractivity contribution in [3.63, 3.8) is 0 Å². The Kier molecular flexibility index (Phi) is 6.35. The molecule has 3 aromatic rings. The summed E-state index contributed by atoms with van der Waals surface area (Å²) < 4.78 is 8.99. The Hall–Kier alpha value is -3.94. The maximum atomic E-state index is 12.7. The molecule has 1 atom stereocenters. The molecule has 0 spiro atoms. The van der Waals surface area contributed by atoms with E-state index in [9.17, 15) is 14.7 Å². The molecule has 0 saturated carbocycles. The van der Waals surface area contributed by atoms with E-state index in [4.69, 9.17) is 9.72 Å². The average Bonchev–Trinajstić information content (AvgIpc) is 3.49. The summed E-state index contributed by atoms with van der Waals surface area (Å²) in [5, 5.41) is 19.5. The molecule has 14 heteroatoms. The number of ether oxygens (including phenoxy) is 1. The third-order valence-corrected chi connectivity index (χ3v) is 6.12. The molecule has 0 aromatic carbocycles. The van der Waals surface area contributed by atoms with Crippen LogP contribution in [0.4, 0.5) is 16.6 Å². The van der Waals surface area contributed by atoms with Crippen molar-refractivity contribution in [2.24, 2.45) is 7.05 Å². The second-order valence-corrected chi connectivity index (χ2v) is 8.62. The van der Waals surface area contributed by atoms with Gasteiger partial charge in [0.05, 0.1) is 31.6 Å². The monoisotopic (exact) mass is 484 g/mol. The molecule has 35 heavy (non-hydrogen) atoms. The van der Waals surface area contributed by atoms with E-state index >= 15 is 0 Å². The maximum absolute atomic E-state index is 12.7. The molecule has 2 saturated heterocycles. The van der Waals surface area contributed by atoms with Gasteiger partial charge >= 0.3 is 6.09 Å². The van der Waals surface area contributed by atoms with E-state index in [1.165, 1.54) is 4.90 Å². The summed E-state index contributed by atoms with van der Waals surface area (Å²) in [6.45, 7) is 3.24. The van der Waals surface area contributed by atoms with Gasteiger partial charge in [0.1, 0.15) is 6.33 Å². The van der Waals surface area contributed by atoms with Crippen molar-refractivity contribution < 1.29 is 19.4 Å². The Bertz CT molecular complexity index is 1220. The number of nitrogens with one attached hydrogen (secondary N) is 2. The van der Waals surface area contributed by atoms with Crippen molar-refractivity contribution in [3.8, 4) is 5.69 Å². The molecule has 0 radical (unpaired) electrons. The number of imidazole rings is 1. The first kappa shape index (κ1) is 22.8. The zero-order chi connectivity index (χ0) is 24.4. The van der Waals surface area contributed by atoms with Gasteiger partial charge in [-0.15, -0.1) is 0 Å². The van der Waals surface area contributed by atoms with Gasteiger partial charge in [-0.1, -0.05) is 0 Å². The molecule has 2 aliphatic heterocycles. The molecular weight excluding hydrogens is 456 g/mol.